The molecular weight excluding hydrogens is 442 g/mol. The van der Waals surface area contributed by atoms with Crippen molar-refractivity contribution in [3.05, 3.63) is 46.6 Å². The fourth-order valence-corrected chi connectivity index (χ4v) is 8.09. The number of ether oxygens (including phenoxy) is 1. The first-order valence-corrected chi connectivity index (χ1v) is 14.5. The molecule has 3 nitrogen and oxygen atoms in total. The van der Waals surface area contributed by atoms with Crippen molar-refractivity contribution < 1.29 is 9.53 Å². The van der Waals surface area contributed by atoms with Crippen LogP contribution in [0.3, 0.4) is 0 Å². The van der Waals surface area contributed by atoms with Crippen LogP contribution in [0.15, 0.2) is 46.6 Å². The lowest BCUT2D eigenvalue weighted by molar-refractivity contribution is -0.115. The Hall–Kier alpha value is -1.77. The van der Waals surface area contributed by atoms with Gasteiger partial charge >= 0.3 is 6.09 Å². The smallest absolute Gasteiger partial charge is 0.407 e. The fraction of sp³-hybridized carbons (Fsp3) is 0.727. The third-order valence-electron chi connectivity index (χ3n) is 8.79. The molecule has 1 N–H and O–H groups in total. The van der Waals surface area contributed by atoms with Gasteiger partial charge in [0.15, 0.2) is 0 Å². The lowest BCUT2D eigenvalue weighted by atomic mass is 9.43. The normalized spacial score (nSPS) is 32.0. The van der Waals surface area contributed by atoms with Crippen LogP contribution >= 0.6 is 0 Å². The molecule has 1 amide bonds. The second kappa shape index (κ2) is 12.2. The van der Waals surface area contributed by atoms with Crippen LogP contribution in [-0.4, -0.2) is 18.2 Å². The van der Waals surface area contributed by atoms with Crippen molar-refractivity contribution in [2.24, 2.45) is 16.7 Å². The van der Waals surface area contributed by atoms with E-state index < -0.39 is 0 Å². The Bertz CT molecular complexity index is 883. The van der Waals surface area contributed by atoms with Gasteiger partial charge in [0, 0.05) is 5.54 Å². The summed E-state index contributed by atoms with van der Waals surface area (Å²) in [6.07, 6.45) is 22.9. The summed E-state index contributed by atoms with van der Waals surface area (Å²) in [5.74, 6) is 0.766. The zero-order valence-electron chi connectivity index (χ0n) is 24.4. The van der Waals surface area contributed by atoms with E-state index in [2.05, 4.69) is 78.1 Å². The maximum atomic E-state index is 12.7. The second-order valence-electron chi connectivity index (χ2n) is 13.7. The first-order valence-electron chi connectivity index (χ1n) is 14.5. The second-order valence-corrected chi connectivity index (χ2v) is 13.7. The molecule has 202 valence electrons. The minimum Gasteiger partial charge on any atom is -0.445 e. The predicted octanol–water partition coefficient (Wildman–Crippen LogP) is 9.61. The number of hydrogen-bond donors (Lipinski definition) is 1. The number of amides is 1. The first-order chi connectivity index (χ1) is 16.9. The zero-order chi connectivity index (χ0) is 26.4. The highest BCUT2D eigenvalue weighted by atomic mass is 16.5. The van der Waals surface area contributed by atoms with Gasteiger partial charge in [0.05, 0.1) is 0 Å². The van der Waals surface area contributed by atoms with Crippen molar-refractivity contribution in [2.45, 2.75) is 131 Å². The Balaban J connectivity index is 1.33. The molecule has 4 fully saturated rings. The average Bonchev–Trinajstić information content (AvgIpc) is 2.70. The van der Waals surface area contributed by atoms with Gasteiger partial charge in [-0.1, -0.05) is 54.4 Å². The summed E-state index contributed by atoms with van der Waals surface area (Å²) in [6, 6.07) is 0. The molecule has 0 aromatic carbocycles. The van der Waals surface area contributed by atoms with Crippen molar-refractivity contribution in [3.63, 3.8) is 0 Å². The van der Waals surface area contributed by atoms with Crippen LogP contribution in [0, 0.1) is 16.7 Å². The van der Waals surface area contributed by atoms with Gasteiger partial charge in [-0.15, -0.1) is 0 Å². The van der Waals surface area contributed by atoms with E-state index in [0.717, 1.165) is 63.7 Å². The molecule has 0 aromatic heterocycles. The Labute approximate surface area is 221 Å². The lowest BCUT2D eigenvalue weighted by Crippen LogP contribution is -2.65. The Morgan fingerprint density at radius 1 is 0.750 bits per heavy atom. The average molecular weight is 496 g/mol. The summed E-state index contributed by atoms with van der Waals surface area (Å²) >= 11 is 0. The number of allylic oxidation sites excluding steroid dienone is 7. The van der Waals surface area contributed by atoms with Crippen LogP contribution in [0.2, 0.25) is 0 Å². The maximum Gasteiger partial charge on any atom is 0.407 e. The van der Waals surface area contributed by atoms with Gasteiger partial charge < -0.3 is 10.1 Å². The van der Waals surface area contributed by atoms with Crippen molar-refractivity contribution in [2.75, 3.05) is 6.61 Å². The summed E-state index contributed by atoms with van der Waals surface area (Å²) in [5.41, 5.74) is 6.40. The van der Waals surface area contributed by atoms with E-state index in [1.54, 1.807) is 0 Å². The van der Waals surface area contributed by atoms with Crippen LogP contribution in [0.1, 0.15) is 126 Å². The summed E-state index contributed by atoms with van der Waals surface area (Å²) in [7, 11) is 0. The van der Waals surface area contributed by atoms with Gasteiger partial charge in [-0.2, -0.15) is 0 Å². The molecule has 0 heterocycles. The third kappa shape index (κ3) is 8.67. The van der Waals surface area contributed by atoms with E-state index in [1.807, 2.05) is 0 Å². The van der Waals surface area contributed by atoms with E-state index in [-0.39, 0.29) is 11.6 Å². The quantitative estimate of drug-likeness (QED) is 0.274. The monoisotopic (exact) mass is 495 g/mol. The topological polar surface area (TPSA) is 38.3 Å². The fourth-order valence-electron chi connectivity index (χ4n) is 8.09. The van der Waals surface area contributed by atoms with Gasteiger partial charge in [0.2, 0.25) is 0 Å². The van der Waals surface area contributed by atoms with E-state index >= 15 is 0 Å². The molecule has 0 aromatic rings. The highest BCUT2D eigenvalue weighted by molar-refractivity contribution is 5.68. The number of carbonyl (C=O) groups excluding carboxylic acids is 1. The maximum absolute atomic E-state index is 12.7. The molecule has 4 bridgehead atoms. The minimum atomic E-state index is -0.229. The molecule has 0 spiro atoms. The summed E-state index contributed by atoms with van der Waals surface area (Å²) in [4.78, 5) is 12.7. The molecule has 4 saturated carbocycles. The summed E-state index contributed by atoms with van der Waals surface area (Å²) in [6.45, 7) is 16.2. The van der Waals surface area contributed by atoms with Crippen molar-refractivity contribution in [3.8, 4) is 0 Å². The molecule has 4 rings (SSSR count). The molecule has 0 aliphatic heterocycles. The Kier molecular flexibility index (Phi) is 9.74. The first kappa shape index (κ1) is 28.8. The van der Waals surface area contributed by atoms with Gasteiger partial charge in [-0.3, -0.25) is 0 Å². The van der Waals surface area contributed by atoms with E-state index in [9.17, 15) is 4.79 Å². The van der Waals surface area contributed by atoms with E-state index in [4.69, 9.17) is 4.74 Å². The highest BCUT2D eigenvalue weighted by Gasteiger charge is 2.60. The van der Waals surface area contributed by atoms with Crippen LogP contribution < -0.4 is 5.32 Å². The molecule has 0 saturated heterocycles. The van der Waals surface area contributed by atoms with E-state index in [0.29, 0.717) is 17.4 Å². The molecule has 4 aliphatic carbocycles. The molecular formula is C33H53NO2. The number of alkyl carbamates (subject to hydrolysis) is 1. The van der Waals surface area contributed by atoms with Crippen LogP contribution in [0.5, 0.6) is 0 Å². The largest absolute Gasteiger partial charge is 0.445 e. The van der Waals surface area contributed by atoms with Crippen LogP contribution in [0.25, 0.3) is 0 Å². The number of nitrogens with one attached hydrogen (secondary N) is 1. The van der Waals surface area contributed by atoms with Crippen LogP contribution in [0.4, 0.5) is 4.79 Å². The molecule has 0 radical (unpaired) electrons. The highest BCUT2D eigenvalue weighted by Crippen LogP contribution is 2.66. The Morgan fingerprint density at radius 3 is 1.75 bits per heavy atom. The van der Waals surface area contributed by atoms with Crippen molar-refractivity contribution >= 4 is 6.09 Å². The van der Waals surface area contributed by atoms with Crippen molar-refractivity contribution in [1.82, 2.24) is 5.32 Å². The number of rotatable bonds is 12. The minimum absolute atomic E-state index is 0.0413. The standard InChI is InChI=1S/C33H53NO2/c1-25(2)11-8-12-26(3)13-9-14-27(4)15-10-16-28(5)17-18-36-30(35)34-33-21-29-19-31(6,23-33)22-32(7,20-29)24-33/h11,13,15,17,29H,8-10,12,14,16,18-24H2,1-7H3,(H,34,35)/b26-13+,27-15+,28-17+/t29?,31-,32?,33?/m0/s1. The predicted molar refractivity (Wildman–Crippen MR) is 153 cm³/mol. The molecule has 3 heteroatoms. The van der Waals surface area contributed by atoms with Gasteiger partial charge in [-0.05, 0) is 134 Å². The molecule has 36 heavy (non-hydrogen) atoms. The SMILES string of the molecule is CC(C)=CCC/C(C)=C/CC/C(C)=C/CC/C(C)=C/COC(=O)NC12CC3CC(C)(C1)C[C@](C)(C3)C2. The van der Waals surface area contributed by atoms with Crippen LogP contribution in [-0.2, 0) is 4.74 Å². The summed E-state index contributed by atoms with van der Waals surface area (Å²) in [5, 5.41) is 3.34. The Morgan fingerprint density at radius 2 is 1.25 bits per heavy atom. The van der Waals surface area contributed by atoms with Gasteiger partial charge in [0.25, 0.3) is 0 Å². The molecule has 4 atom stereocenters. The summed E-state index contributed by atoms with van der Waals surface area (Å²) < 4.78 is 5.61. The third-order valence-corrected chi connectivity index (χ3v) is 8.79. The number of carbonyl (C=O) groups is 1. The molecule has 4 aliphatic rings. The van der Waals surface area contributed by atoms with E-state index in [1.165, 1.54) is 41.6 Å². The zero-order valence-corrected chi connectivity index (χ0v) is 24.4. The van der Waals surface area contributed by atoms with Gasteiger partial charge in [-0.25, -0.2) is 4.79 Å². The van der Waals surface area contributed by atoms with Gasteiger partial charge in [0.1, 0.15) is 6.61 Å². The lowest BCUT2D eigenvalue weighted by Gasteiger charge is -2.65. The van der Waals surface area contributed by atoms with Crippen molar-refractivity contribution in [1.29, 1.82) is 0 Å². The number of hydrogen-bond acceptors (Lipinski definition) is 2. The molecule has 3 unspecified atom stereocenters.